The van der Waals surface area contributed by atoms with Crippen LogP contribution in [-0.4, -0.2) is 14.1 Å². The highest BCUT2D eigenvalue weighted by Crippen LogP contribution is 2.48. The molecule has 0 fully saturated rings. The fourth-order valence-corrected chi connectivity index (χ4v) is 9.78. The van der Waals surface area contributed by atoms with Crippen molar-refractivity contribution in [3.8, 4) is 28.7 Å². The first-order valence-electron chi connectivity index (χ1n) is 18.9. The number of thiophene rings is 1. The van der Waals surface area contributed by atoms with Gasteiger partial charge in [0.15, 0.2) is 11.0 Å². The molecule has 5 nitrogen and oxygen atoms in total. The van der Waals surface area contributed by atoms with Crippen molar-refractivity contribution in [3.63, 3.8) is 0 Å². The SMILES string of the molecule is Cc1cc(C)c(-[n+]2cn(-c3cccc(Oc4cc5c(c6ccccc6n5-c5cc(C(C)(C)C)ccn5)c5sc6ccccc6c45)c3)c3ccccc32)c(C)c1. The standard InChI is InChI=1S/C49H41N4OS/c1-30-24-31(2)47(32(3)25-30)52-29-51(39-19-10-11-20-40(39)52)34-14-13-15-35(27-34)54-42-28-41-45(48-46(42)37-17-8-12-21-43(37)55-48)36-16-7-9-18-38(36)53(41)44-26-33(22-23-50-44)49(4,5)6/h7-29H,1-6H3/q+1. The van der Waals surface area contributed by atoms with E-state index in [-0.39, 0.29) is 5.41 Å². The lowest BCUT2D eigenvalue weighted by Crippen LogP contribution is -2.31. The predicted octanol–water partition coefficient (Wildman–Crippen LogP) is 12.8. The summed E-state index contributed by atoms with van der Waals surface area (Å²) in [5, 5.41) is 4.76. The van der Waals surface area contributed by atoms with Crippen molar-refractivity contribution < 1.29 is 9.30 Å². The number of para-hydroxylation sites is 3. The molecule has 4 heterocycles. The molecule has 4 aromatic heterocycles. The van der Waals surface area contributed by atoms with Crippen molar-refractivity contribution in [2.24, 2.45) is 0 Å². The van der Waals surface area contributed by atoms with Crippen molar-refractivity contribution in [3.05, 3.63) is 162 Å². The van der Waals surface area contributed by atoms with Crippen LogP contribution in [0.4, 0.5) is 0 Å². The normalized spacial score (nSPS) is 12.2. The van der Waals surface area contributed by atoms with E-state index >= 15 is 0 Å². The molecule has 0 saturated carbocycles. The third kappa shape index (κ3) is 5.35. The van der Waals surface area contributed by atoms with E-state index in [1.165, 1.54) is 53.5 Å². The van der Waals surface area contributed by atoms with Gasteiger partial charge < -0.3 is 4.74 Å². The Morgan fingerprint density at radius 1 is 0.673 bits per heavy atom. The monoisotopic (exact) mass is 733 g/mol. The molecule has 0 saturated heterocycles. The van der Waals surface area contributed by atoms with Crippen LogP contribution in [0.5, 0.6) is 11.5 Å². The zero-order chi connectivity index (χ0) is 37.6. The molecule has 0 spiro atoms. The van der Waals surface area contributed by atoms with E-state index in [4.69, 9.17) is 9.72 Å². The molecular weight excluding hydrogens is 693 g/mol. The summed E-state index contributed by atoms with van der Waals surface area (Å²) < 4.78 is 16.5. The van der Waals surface area contributed by atoms with Gasteiger partial charge in [0, 0.05) is 49.3 Å². The quantitative estimate of drug-likeness (QED) is 0.165. The zero-order valence-electron chi connectivity index (χ0n) is 31.9. The molecule has 0 unspecified atom stereocenters. The summed E-state index contributed by atoms with van der Waals surface area (Å²) in [6.45, 7) is 13.3. The number of fused-ring (bicyclic) bond motifs is 8. The molecule has 0 aliphatic carbocycles. The Bertz CT molecular complexity index is 3130. The second kappa shape index (κ2) is 12.4. The van der Waals surface area contributed by atoms with Gasteiger partial charge in [0.1, 0.15) is 28.7 Å². The molecular formula is C49H41N4OS+. The number of rotatable bonds is 5. The van der Waals surface area contributed by atoms with Gasteiger partial charge in [0.25, 0.3) is 6.33 Å². The molecule has 0 radical (unpaired) electrons. The minimum Gasteiger partial charge on any atom is -0.456 e. The Balaban J connectivity index is 1.18. The molecule has 0 aliphatic rings. The fourth-order valence-electron chi connectivity index (χ4n) is 8.50. The minimum atomic E-state index is -0.0173. The molecule has 55 heavy (non-hydrogen) atoms. The first kappa shape index (κ1) is 33.3. The molecule has 0 bridgehead atoms. The highest BCUT2D eigenvalue weighted by Gasteiger charge is 2.25. The topological polar surface area (TPSA) is 35.9 Å². The van der Waals surface area contributed by atoms with E-state index in [1.807, 2.05) is 17.5 Å². The van der Waals surface area contributed by atoms with E-state index in [2.05, 4.69) is 189 Å². The van der Waals surface area contributed by atoms with E-state index in [1.54, 1.807) is 0 Å². The molecule has 10 aromatic rings. The second-order valence-electron chi connectivity index (χ2n) is 15.8. The van der Waals surface area contributed by atoms with Crippen LogP contribution in [0.25, 0.3) is 70.2 Å². The number of pyridine rings is 1. The van der Waals surface area contributed by atoms with Gasteiger partial charge in [0.2, 0.25) is 0 Å². The summed E-state index contributed by atoms with van der Waals surface area (Å²) in [4.78, 5) is 4.96. The number of imidazole rings is 1. The number of hydrogen-bond acceptors (Lipinski definition) is 3. The Labute approximate surface area is 324 Å². The number of aryl methyl sites for hydroxylation is 3. The molecule has 6 heteroatoms. The van der Waals surface area contributed by atoms with E-state index < -0.39 is 0 Å². The molecule has 268 valence electrons. The van der Waals surface area contributed by atoms with Gasteiger partial charge in [0.05, 0.1) is 11.0 Å². The molecule has 0 atom stereocenters. The van der Waals surface area contributed by atoms with Crippen LogP contribution in [-0.2, 0) is 5.41 Å². The fraction of sp³-hybridized carbons (Fsp3) is 0.143. The average molecular weight is 734 g/mol. The van der Waals surface area contributed by atoms with Crippen molar-refractivity contribution in [1.82, 2.24) is 14.1 Å². The molecule has 0 aliphatic heterocycles. The van der Waals surface area contributed by atoms with E-state index in [0.29, 0.717) is 0 Å². The van der Waals surface area contributed by atoms with Gasteiger partial charge >= 0.3 is 0 Å². The van der Waals surface area contributed by atoms with Gasteiger partial charge in [-0.2, -0.15) is 9.13 Å². The zero-order valence-corrected chi connectivity index (χ0v) is 32.7. The second-order valence-corrected chi connectivity index (χ2v) is 16.8. The third-order valence-corrected chi connectivity index (χ3v) is 12.1. The third-order valence-electron chi connectivity index (χ3n) is 10.9. The number of nitrogens with zero attached hydrogens (tertiary/aromatic N) is 4. The Kier molecular flexibility index (Phi) is 7.52. The van der Waals surface area contributed by atoms with Crippen LogP contribution in [0, 0.1) is 20.8 Å². The average Bonchev–Trinajstić information content (AvgIpc) is 3.85. The predicted molar refractivity (Wildman–Crippen MR) is 229 cm³/mol. The van der Waals surface area contributed by atoms with Gasteiger partial charge in [-0.15, -0.1) is 11.3 Å². The van der Waals surface area contributed by atoms with Gasteiger partial charge in [-0.05, 0) is 91.4 Å². The van der Waals surface area contributed by atoms with Crippen LogP contribution in [0.1, 0.15) is 43.0 Å². The van der Waals surface area contributed by atoms with Crippen molar-refractivity contribution in [2.45, 2.75) is 47.0 Å². The highest BCUT2D eigenvalue weighted by molar-refractivity contribution is 7.26. The summed E-state index contributed by atoms with van der Waals surface area (Å²) in [5.41, 5.74) is 11.7. The molecule has 0 N–H and O–H groups in total. The van der Waals surface area contributed by atoms with Crippen LogP contribution in [0.2, 0.25) is 0 Å². The lowest BCUT2D eigenvalue weighted by Gasteiger charge is -2.20. The van der Waals surface area contributed by atoms with E-state index in [9.17, 15) is 0 Å². The maximum absolute atomic E-state index is 7.10. The maximum atomic E-state index is 7.10. The lowest BCUT2D eigenvalue weighted by atomic mass is 9.88. The summed E-state index contributed by atoms with van der Waals surface area (Å²) in [6.07, 6.45) is 4.15. The molecule has 10 rings (SSSR count). The lowest BCUT2D eigenvalue weighted by molar-refractivity contribution is -0.568. The van der Waals surface area contributed by atoms with Gasteiger partial charge in [-0.3, -0.25) is 4.57 Å². The summed E-state index contributed by atoms with van der Waals surface area (Å²) in [6, 6.07) is 45.6. The van der Waals surface area contributed by atoms with Crippen LogP contribution in [0.3, 0.4) is 0 Å². The van der Waals surface area contributed by atoms with Crippen molar-refractivity contribution in [2.75, 3.05) is 0 Å². The summed E-state index contributed by atoms with van der Waals surface area (Å²) in [7, 11) is 0. The molecule has 6 aromatic carbocycles. The Morgan fingerprint density at radius 3 is 2.20 bits per heavy atom. The first-order valence-corrected chi connectivity index (χ1v) is 19.7. The summed E-state index contributed by atoms with van der Waals surface area (Å²) >= 11 is 1.83. The summed E-state index contributed by atoms with van der Waals surface area (Å²) in [5.74, 6) is 2.50. The van der Waals surface area contributed by atoms with Crippen molar-refractivity contribution in [1.29, 1.82) is 0 Å². The number of benzene rings is 6. The van der Waals surface area contributed by atoms with E-state index in [0.717, 1.165) is 50.5 Å². The Morgan fingerprint density at radius 2 is 1.40 bits per heavy atom. The van der Waals surface area contributed by atoms with Crippen LogP contribution in [0.15, 0.2) is 140 Å². The number of aromatic nitrogens is 4. The van der Waals surface area contributed by atoms with Crippen LogP contribution >= 0.6 is 11.3 Å². The number of ether oxygens (including phenoxy) is 1. The largest absolute Gasteiger partial charge is 0.456 e. The smallest absolute Gasteiger partial charge is 0.255 e. The minimum absolute atomic E-state index is 0.0173. The van der Waals surface area contributed by atoms with Gasteiger partial charge in [-0.1, -0.05) is 93.1 Å². The maximum Gasteiger partial charge on any atom is 0.255 e. The molecule has 0 amide bonds. The van der Waals surface area contributed by atoms with Crippen molar-refractivity contribution >= 4 is 64.3 Å². The number of hydrogen-bond donors (Lipinski definition) is 0. The van der Waals surface area contributed by atoms with Crippen LogP contribution < -0.4 is 9.30 Å². The highest BCUT2D eigenvalue weighted by atomic mass is 32.1. The Hall–Kier alpha value is -6.24. The first-order chi connectivity index (χ1) is 26.6. The van der Waals surface area contributed by atoms with Gasteiger partial charge in [-0.25, -0.2) is 4.98 Å².